The fourth-order valence-corrected chi connectivity index (χ4v) is 2.50. The molecule has 1 unspecified atom stereocenters. The number of aromatic hydroxyl groups is 1. The number of aliphatic hydroxyl groups is 1. The number of carbonyl (C=O) groups excluding carboxylic acids is 1. The van der Waals surface area contributed by atoms with Crippen molar-refractivity contribution in [3.05, 3.63) is 28.2 Å². The number of thioether (sulfide) groups is 1. The van der Waals surface area contributed by atoms with Crippen molar-refractivity contribution in [2.24, 2.45) is 0 Å². The highest BCUT2D eigenvalue weighted by atomic mass is 79.9. The highest BCUT2D eigenvalue weighted by Gasteiger charge is 2.21. The Kier molecular flexibility index (Phi) is 5.49. The lowest BCUT2D eigenvalue weighted by Crippen LogP contribution is -2.42. The van der Waals surface area contributed by atoms with Crippen LogP contribution in [0, 0.1) is 0 Å². The van der Waals surface area contributed by atoms with Gasteiger partial charge in [-0.3, -0.25) is 4.79 Å². The summed E-state index contributed by atoms with van der Waals surface area (Å²) in [6, 6.07) is 4.63. The molecule has 100 valence electrons. The number of halogens is 1. The SMILES string of the molecule is CSCC(C)(O)CNC(=O)c1cc(Br)ccc1O. The molecule has 0 radical (unpaired) electrons. The number of rotatable bonds is 5. The maximum atomic E-state index is 11.9. The Morgan fingerprint density at radius 3 is 2.83 bits per heavy atom. The predicted octanol–water partition coefficient (Wildman–Crippen LogP) is 2.00. The van der Waals surface area contributed by atoms with E-state index < -0.39 is 11.5 Å². The van der Waals surface area contributed by atoms with E-state index in [1.807, 2.05) is 6.26 Å². The molecule has 0 heterocycles. The summed E-state index contributed by atoms with van der Waals surface area (Å²) in [5.41, 5.74) is -0.777. The number of hydrogen-bond acceptors (Lipinski definition) is 4. The second-order valence-corrected chi connectivity index (χ2v) is 6.06. The van der Waals surface area contributed by atoms with Crippen LogP contribution in [-0.4, -0.2) is 40.3 Å². The monoisotopic (exact) mass is 333 g/mol. The first-order valence-corrected chi connectivity index (χ1v) is 7.52. The molecule has 1 aromatic rings. The molecule has 4 nitrogen and oxygen atoms in total. The van der Waals surface area contributed by atoms with E-state index in [1.165, 1.54) is 23.9 Å². The van der Waals surface area contributed by atoms with Crippen molar-refractivity contribution in [2.75, 3.05) is 18.6 Å². The fourth-order valence-electron chi connectivity index (χ4n) is 1.42. The first-order chi connectivity index (χ1) is 8.35. The normalized spacial score (nSPS) is 14.0. The van der Waals surface area contributed by atoms with Gasteiger partial charge >= 0.3 is 0 Å². The van der Waals surface area contributed by atoms with Crippen LogP contribution in [0.1, 0.15) is 17.3 Å². The lowest BCUT2D eigenvalue weighted by Gasteiger charge is -2.22. The minimum absolute atomic E-state index is 0.0831. The van der Waals surface area contributed by atoms with Crippen molar-refractivity contribution in [1.29, 1.82) is 0 Å². The van der Waals surface area contributed by atoms with Gasteiger partial charge in [0.2, 0.25) is 0 Å². The quantitative estimate of drug-likeness (QED) is 0.770. The maximum Gasteiger partial charge on any atom is 0.255 e. The van der Waals surface area contributed by atoms with E-state index in [9.17, 15) is 15.0 Å². The van der Waals surface area contributed by atoms with Crippen molar-refractivity contribution in [2.45, 2.75) is 12.5 Å². The summed E-state index contributed by atoms with van der Waals surface area (Å²) in [5, 5.41) is 22.1. The van der Waals surface area contributed by atoms with Gasteiger partial charge in [0.25, 0.3) is 5.91 Å². The number of amides is 1. The van der Waals surface area contributed by atoms with Gasteiger partial charge in [-0.1, -0.05) is 15.9 Å². The number of nitrogens with one attached hydrogen (secondary N) is 1. The highest BCUT2D eigenvalue weighted by molar-refractivity contribution is 9.10. The van der Waals surface area contributed by atoms with E-state index in [4.69, 9.17) is 0 Å². The van der Waals surface area contributed by atoms with Crippen LogP contribution in [-0.2, 0) is 0 Å². The van der Waals surface area contributed by atoms with Crippen molar-refractivity contribution in [3.8, 4) is 5.75 Å². The van der Waals surface area contributed by atoms with Crippen LogP contribution in [0.15, 0.2) is 22.7 Å². The topological polar surface area (TPSA) is 69.6 Å². The zero-order valence-corrected chi connectivity index (χ0v) is 12.6. The van der Waals surface area contributed by atoms with Crippen LogP contribution < -0.4 is 5.32 Å². The van der Waals surface area contributed by atoms with E-state index in [0.29, 0.717) is 10.2 Å². The van der Waals surface area contributed by atoms with Crippen LogP contribution >= 0.6 is 27.7 Å². The average Bonchev–Trinajstić information content (AvgIpc) is 2.29. The second-order valence-electron chi connectivity index (χ2n) is 4.27. The van der Waals surface area contributed by atoms with E-state index in [1.54, 1.807) is 13.0 Å². The molecule has 1 amide bonds. The third-order valence-corrected chi connectivity index (χ3v) is 3.69. The third-order valence-electron chi connectivity index (χ3n) is 2.29. The molecule has 0 bridgehead atoms. The molecule has 1 rings (SSSR count). The summed E-state index contributed by atoms with van der Waals surface area (Å²) in [4.78, 5) is 11.9. The van der Waals surface area contributed by atoms with Gasteiger partial charge in [-0.05, 0) is 31.4 Å². The Morgan fingerprint density at radius 1 is 1.56 bits per heavy atom. The minimum atomic E-state index is -0.962. The molecule has 0 aromatic heterocycles. The molecule has 0 aliphatic rings. The van der Waals surface area contributed by atoms with Gasteiger partial charge in [-0.25, -0.2) is 0 Å². The van der Waals surface area contributed by atoms with Crippen LogP contribution in [0.4, 0.5) is 0 Å². The maximum absolute atomic E-state index is 11.9. The molecular weight excluding hydrogens is 318 g/mol. The Hall–Kier alpha value is -0.720. The zero-order valence-electron chi connectivity index (χ0n) is 10.2. The van der Waals surface area contributed by atoms with Gasteiger partial charge in [-0.2, -0.15) is 11.8 Å². The van der Waals surface area contributed by atoms with Crippen molar-refractivity contribution < 1.29 is 15.0 Å². The van der Waals surface area contributed by atoms with Gasteiger partial charge in [-0.15, -0.1) is 0 Å². The molecule has 6 heteroatoms. The highest BCUT2D eigenvalue weighted by Crippen LogP contribution is 2.21. The number of hydrogen-bond donors (Lipinski definition) is 3. The summed E-state index contributed by atoms with van der Waals surface area (Å²) >= 11 is 4.74. The Balaban J connectivity index is 2.69. The Bertz CT molecular complexity index is 437. The standard InChI is InChI=1S/C12H16BrNO3S/c1-12(17,7-18-2)6-14-11(16)9-5-8(13)3-4-10(9)15/h3-5,15,17H,6-7H2,1-2H3,(H,14,16). The first kappa shape index (κ1) is 15.3. The van der Waals surface area contributed by atoms with Gasteiger partial charge in [0, 0.05) is 16.8 Å². The van der Waals surface area contributed by atoms with Crippen LogP contribution in [0.3, 0.4) is 0 Å². The summed E-state index contributed by atoms with van der Waals surface area (Å²) in [7, 11) is 0. The average molecular weight is 334 g/mol. The predicted molar refractivity (Wildman–Crippen MR) is 77.1 cm³/mol. The van der Waals surface area contributed by atoms with Crippen molar-refractivity contribution in [3.63, 3.8) is 0 Å². The Morgan fingerprint density at radius 2 is 2.22 bits per heavy atom. The van der Waals surface area contributed by atoms with Crippen LogP contribution in [0.5, 0.6) is 5.75 Å². The molecule has 0 saturated heterocycles. The molecule has 0 saturated carbocycles. The smallest absolute Gasteiger partial charge is 0.255 e. The summed E-state index contributed by atoms with van der Waals surface area (Å²) in [6.07, 6.45) is 1.89. The molecule has 0 spiro atoms. The van der Waals surface area contributed by atoms with Crippen LogP contribution in [0.25, 0.3) is 0 Å². The van der Waals surface area contributed by atoms with Crippen molar-refractivity contribution in [1.82, 2.24) is 5.32 Å². The summed E-state index contributed by atoms with van der Waals surface area (Å²) < 4.78 is 0.710. The lowest BCUT2D eigenvalue weighted by atomic mass is 10.1. The molecule has 1 atom stereocenters. The number of phenols is 1. The van der Waals surface area contributed by atoms with E-state index >= 15 is 0 Å². The summed E-state index contributed by atoms with van der Waals surface area (Å²) in [5.74, 6) is 0.0352. The molecular formula is C12H16BrNO3S. The first-order valence-electron chi connectivity index (χ1n) is 5.34. The van der Waals surface area contributed by atoms with Crippen LogP contribution in [0.2, 0.25) is 0 Å². The third kappa shape index (κ3) is 4.51. The molecule has 1 aromatic carbocycles. The molecule has 0 aliphatic heterocycles. The minimum Gasteiger partial charge on any atom is -0.507 e. The lowest BCUT2D eigenvalue weighted by molar-refractivity contribution is 0.0723. The summed E-state index contributed by atoms with van der Waals surface area (Å²) in [6.45, 7) is 1.79. The van der Waals surface area contributed by atoms with Gasteiger partial charge < -0.3 is 15.5 Å². The molecule has 3 N–H and O–H groups in total. The van der Waals surface area contributed by atoms with Gasteiger partial charge in [0.05, 0.1) is 11.2 Å². The molecule has 18 heavy (non-hydrogen) atoms. The van der Waals surface area contributed by atoms with E-state index in [2.05, 4.69) is 21.2 Å². The number of carbonyl (C=O) groups is 1. The van der Waals surface area contributed by atoms with Crippen molar-refractivity contribution >= 4 is 33.6 Å². The van der Waals surface area contributed by atoms with E-state index in [0.717, 1.165) is 0 Å². The largest absolute Gasteiger partial charge is 0.507 e. The molecule has 0 aliphatic carbocycles. The number of phenolic OH excluding ortho intramolecular Hbond substituents is 1. The van der Waals surface area contributed by atoms with Gasteiger partial charge in [0.1, 0.15) is 5.75 Å². The van der Waals surface area contributed by atoms with E-state index in [-0.39, 0.29) is 17.9 Å². The van der Waals surface area contributed by atoms with Gasteiger partial charge in [0.15, 0.2) is 0 Å². The zero-order chi connectivity index (χ0) is 13.8. The molecule has 0 fully saturated rings. The Labute approximate surface area is 119 Å². The second kappa shape index (κ2) is 6.45. The fraction of sp³-hybridized carbons (Fsp3) is 0.417. The number of benzene rings is 1.